The number of ether oxygens (including phenoxy) is 1. The van der Waals surface area contributed by atoms with Gasteiger partial charge in [-0.1, -0.05) is 20.8 Å². The quantitative estimate of drug-likeness (QED) is 0.255. The summed E-state index contributed by atoms with van der Waals surface area (Å²) in [7, 11) is 0. The Balaban J connectivity index is 2.50. The summed E-state index contributed by atoms with van der Waals surface area (Å²) in [6.07, 6.45) is 0.603. The van der Waals surface area contributed by atoms with Gasteiger partial charge >= 0.3 is 5.97 Å². The van der Waals surface area contributed by atoms with Crippen LogP contribution in [0.25, 0.3) is 0 Å². The molecule has 0 fully saturated rings. The summed E-state index contributed by atoms with van der Waals surface area (Å²) >= 11 is 0. The van der Waals surface area contributed by atoms with Gasteiger partial charge in [0.25, 0.3) is 0 Å². The topological polar surface area (TPSA) is 55.4 Å². The molecule has 1 rings (SSSR count). The first kappa shape index (κ1) is 21.9. The van der Waals surface area contributed by atoms with Crippen molar-refractivity contribution in [3.8, 4) is 5.75 Å². The Kier molecular flexibility index (Phi) is 7.59. The van der Waals surface area contributed by atoms with Gasteiger partial charge < -0.3 is 10.1 Å². The second kappa shape index (κ2) is 9.00. The molecule has 0 bridgehead atoms. The molecule has 0 aliphatic heterocycles. The van der Waals surface area contributed by atoms with Crippen molar-refractivity contribution in [2.24, 2.45) is 5.41 Å². The lowest BCUT2D eigenvalue weighted by molar-refractivity contribution is -0.135. The second-order valence-electron chi connectivity index (χ2n) is 7.20. The summed E-state index contributed by atoms with van der Waals surface area (Å²) in [5, 5.41) is 2.70. The fourth-order valence-electron chi connectivity index (χ4n) is 2.04. The van der Waals surface area contributed by atoms with Crippen LogP contribution in [0.1, 0.15) is 52.0 Å². The van der Waals surface area contributed by atoms with Crippen molar-refractivity contribution >= 4 is 11.9 Å². The van der Waals surface area contributed by atoms with Crippen molar-refractivity contribution in [3.05, 3.63) is 28.8 Å². The van der Waals surface area contributed by atoms with Gasteiger partial charge in [-0.05, 0) is 25.2 Å². The zero-order chi connectivity index (χ0) is 20.1. The Morgan fingerprint density at radius 2 is 1.58 bits per heavy atom. The van der Waals surface area contributed by atoms with Gasteiger partial charge in [-0.15, -0.1) is 0 Å². The van der Waals surface area contributed by atoms with E-state index in [-0.39, 0.29) is 30.6 Å². The predicted molar refractivity (Wildman–Crippen MR) is 87.6 cm³/mol. The summed E-state index contributed by atoms with van der Waals surface area (Å²) in [5.41, 5.74) is -0.710. The minimum Gasteiger partial charge on any atom is -0.420 e. The van der Waals surface area contributed by atoms with E-state index in [1.54, 1.807) is 0 Å². The highest BCUT2D eigenvalue weighted by Crippen LogP contribution is 2.30. The van der Waals surface area contributed by atoms with Gasteiger partial charge in [0.05, 0.1) is 0 Å². The molecular weight excluding hydrogens is 354 g/mol. The maximum absolute atomic E-state index is 13.8. The number of nitrogens with one attached hydrogen (secondary N) is 1. The van der Waals surface area contributed by atoms with E-state index in [2.05, 4.69) is 10.1 Å². The fourth-order valence-corrected chi connectivity index (χ4v) is 2.04. The smallest absolute Gasteiger partial charge is 0.311 e. The lowest BCUT2D eigenvalue weighted by Gasteiger charge is -2.17. The van der Waals surface area contributed by atoms with Crippen LogP contribution in [0.3, 0.4) is 0 Å². The number of carbonyl (C=O) groups excluding carboxylic acids is 2. The van der Waals surface area contributed by atoms with Crippen LogP contribution in [0.4, 0.5) is 17.6 Å². The van der Waals surface area contributed by atoms with Crippen LogP contribution < -0.4 is 10.1 Å². The number of rotatable bonds is 7. The van der Waals surface area contributed by atoms with E-state index in [1.165, 1.54) is 0 Å². The van der Waals surface area contributed by atoms with Gasteiger partial charge in [0, 0.05) is 24.9 Å². The molecule has 1 aromatic rings. The molecule has 0 atom stereocenters. The van der Waals surface area contributed by atoms with Crippen molar-refractivity contribution in [2.75, 3.05) is 6.54 Å². The Hall–Kier alpha value is -2.12. The first-order valence-corrected chi connectivity index (χ1v) is 8.24. The molecule has 0 radical (unpaired) electrons. The molecule has 0 unspecified atom stereocenters. The molecule has 1 amide bonds. The standard InChI is InChI=1S/C18H23F4NO3/c1-10-13(19)15(21)16(22)17(14(10)20)26-12(25)7-5-6-11(24)23-9-8-18(2,3)4/h5-9H2,1-4H3,(H,23,24). The molecule has 0 spiro atoms. The molecule has 0 heterocycles. The lowest BCUT2D eigenvalue weighted by Crippen LogP contribution is -2.27. The van der Waals surface area contributed by atoms with E-state index in [1.807, 2.05) is 20.8 Å². The van der Waals surface area contributed by atoms with Crippen LogP contribution >= 0.6 is 0 Å². The SMILES string of the molecule is Cc1c(F)c(F)c(F)c(OC(=O)CCCC(=O)NCCC(C)(C)C)c1F. The third-order valence-corrected chi connectivity index (χ3v) is 3.64. The Morgan fingerprint density at radius 3 is 2.15 bits per heavy atom. The molecule has 4 nitrogen and oxygen atoms in total. The summed E-state index contributed by atoms with van der Waals surface area (Å²) in [5.74, 6) is -9.55. The number of amides is 1. The average Bonchev–Trinajstić information content (AvgIpc) is 2.54. The molecule has 146 valence electrons. The molecule has 0 aliphatic carbocycles. The number of carbonyl (C=O) groups is 2. The summed E-state index contributed by atoms with van der Waals surface area (Å²) in [4.78, 5) is 23.3. The fraction of sp³-hybridized carbons (Fsp3) is 0.556. The van der Waals surface area contributed by atoms with Crippen LogP contribution in [-0.4, -0.2) is 18.4 Å². The van der Waals surface area contributed by atoms with E-state index >= 15 is 0 Å². The minimum atomic E-state index is -1.91. The van der Waals surface area contributed by atoms with Gasteiger partial charge in [0.15, 0.2) is 17.5 Å². The maximum atomic E-state index is 13.8. The van der Waals surface area contributed by atoms with Crippen molar-refractivity contribution in [1.82, 2.24) is 5.32 Å². The highest BCUT2D eigenvalue weighted by Gasteiger charge is 2.26. The second-order valence-corrected chi connectivity index (χ2v) is 7.20. The molecule has 0 saturated heterocycles. The Labute approximate surface area is 149 Å². The molecule has 26 heavy (non-hydrogen) atoms. The molecular formula is C18H23F4NO3. The summed E-state index contributed by atoms with van der Waals surface area (Å²) in [6.45, 7) is 7.50. The zero-order valence-electron chi connectivity index (χ0n) is 15.3. The van der Waals surface area contributed by atoms with Crippen molar-refractivity contribution in [2.45, 2.75) is 53.4 Å². The third-order valence-electron chi connectivity index (χ3n) is 3.64. The largest absolute Gasteiger partial charge is 0.420 e. The third kappa shape index (κ3) is 6.31. The van der Waals surface area contributed by atoms with Gasteiger partial charge in [0.2, 0.25) is 17.5 Å². The maximum Gasteiger partial charge on any atom is 0.311 e. The Bertz CT molecular complexity index is 655. The van der Waals surface area contributed by atoms with Crippen LogP contribution in [0.5, 0.6) is 5.75 Å². The number of esters is 1. The summed E-state index contributed by atoms with van der Waals surface area (Å²) < 4.78 is 58.3. The highest BCUT2D eigenvalue weighted by atomic mass is 19.2. The highest BCUT2D eigenvalue weighted by molar-refractivity contribution is 5.77. The normalized spacial score (nSPS) is 11.4. The number of hydrogen-bond acceptors (Lipinski definition) is 3. The van der Waals surface area contributed by atoms with E-state index in [0.29, 0.717) is 6.54 Å². The first-order valence-electron chi connectivity index (χ1n) is 8.24. The monoisotopic (exact) mass is 377 g/mol. The van der Waals surface area contributed by atoms with E-state index in [9.17, 15) is 27.2 Å². The molecule has 0 saturated carbocycles. The lowest BCUT2D eigenvalue weighted by atomic mass is 9.92. The molecule has 1 aromatic carbocycles. The van der Waals surface area contributed by atoms with E-state index in [4.69, 9.17) is 0 Å². The van der Waals surface area contributed by atoms with Crippen LogP contribution in [0, 0.1) is 35.6 Å². The molecule has 1 N–H and O–H groups in total. The average molecular weight is 377 g/mol. The zero-order valence-corrected chi connectivity index (χ0v) is 15.3. The van der Waals surface area contributed by atoms with Crippen molar-refractivity contribution < 1.29 is 31.9 Å². The van der Waals surface area contributed by atoms with Crippen LogP contribution in [-0.2, 0) is 9.59 Å². The summed E-state index contributed by atoms with van der Waals surface area (Å²) in [6, 6.07) is 0. The molecule has 0 aliphatic rings. The minimum absolute atomic E-state index is 0.0288. The molecule has 0 aromatic heterocycles. The van der Waals surface area contributed by atoms with Crippen LogP contribution in [0.2, 0.25) is 0 Å². The van der Waals surface area contributed by atoms with Crippen LogP contribution in [0.15, 0.2) is 0 Å². The van der Waals surface area contributed by atoms with Gasteiger partial charge in [-0.2, -0.15) is 4.39 Å². The number of hydrogen-bond donors (Lipinski definition) is 1. The number of halogens is 4. The molecule has 8 heteroatoms. The van der Waals surface area contributed by atoms with Gasteiger partial charge in [0.1, 0.15) is 0 Å². The van der Waals surface area contributed by atoms with Gasteiger partial charge in [-0.3, -0.25) is 9.59 Å². The first-order chi connectivity index (χ1) is 11.9. The van der Waals surface area contributed by atoms with Gasteiger partial charge in [-0.25, -0.2) is 13.2 Å². The van der Waals surface area contributed by atoms with E-state index < -0.39 is 40.6 Å². The van der Waals surface area contributed by atoms with Crippen molar-refractivity contribution in [3.63, 3.8) is 0 Å². The van der Waals surface area contributed by atoms with Crippen molar-refractivity contribution in [1.29, 1.82) is 0 Å². The van der Waals surface area contributed by atoms with E-state index in [0.717, 1.165) is 13.3 Å². The Morgan fingerprint density at radius 1 is 0.962 bits per heavy atom. The predicted octanol–water partition coefficient (Wildman–Crippen LogP) is 4.18. The number of benzene rings is 1.